The maximum Gasteiger partial charge on any atom is 0.224 e. The minimum Gasteiger partial charge on any atom is -0.495 e. The van der Waals surface area contributed by atoms with Crippen LogP contribution in [0.5, 0.6) is 5.75 Å². The predicted molar refractivity (Wildman–Crippen MR) is 84.5 cm³/mol. The van der Waals surface area contributed by atoms with Gasteiger partial charge in [0.1, 0.15) is 5.75 Å². The van der Waals surface area contributed by atoms with E-state index in [1.807, 2.05) is 6.07 Å². The number of hydrogen-bond acceptors (Lipinski definition) is 3. The van der Waals surface area contributed by atoms with Gasteiger partial charge in [-0.2, -0.15) is 0 Å². The van der Waals surface area contributed by atoms with Gasteiger partial charge in [0.25, 0.3) is 0 Å². The molecule has 0 spiro atoms. The van der Waals surface area contributed by atoms with Crippen LogP contribution in [0.25, 0.3) is 0 Å². The molecule has 1 aromatic carbocycles. The lowest BCUT2D eigenvalue weighted by molar-refractivity contribution is -0.116. The minimum atomic E-state index is 0.00194. The molecule has 0 heterocycles. The quantitative estimate of drug-likeness (QED) is 0.694. The Bertz CT molecular complexity index is 439. The van der Waals surface area contributed by atoms with Gasteiger partial charge in [-0.15, -0.1) is 0 Å². The molecule has 0 aliphatic carbocycles. The number of methoxy groups -OCH3 is 1. The van der Waals surface area contributed by atoms with E-state index in [-0.39, 0.29) is 5.91 Å². The molecule has 0 aliphatic heterocycles. The monoisotopic (exact) mass is 392 g/mol. The van der Waals surface area contributed by atoms with Gasteiger partial charge in [-0.05, 0) is 57.3 Å². The van der Waals surface area contributed by atoms with Crippen molar-refractivity contribution in [3.8, 4) is 5.75 Å². The molecule has 1 amide bonds. The molecule has 0 fully saturated rings. The first kappa shape index (κ1) is 16.5. The molecule has 4 nitrogen and oxygen atoms in total. The smallest absolute Gasteiger partial charge is 0.224 e. The second-order valence-electron chi connectivity index (χ2n) is 4.11. The number of nitrogens with two attached hydrogens (primary N) is 1. The summed E-state index contributed by atoms with van der Waals surface area (Å²) in [5.41, 5.74) is 6.12. The van der Waals surface area contributed by atoms with Crippen LogP contribution in [0, 0.1) is 0 Å². The Morgan fingerprint density at radius 2 is 2.00 bits per heavy atom. The van der Waals surface area contributed by atoms with E-state index in [1.165, 1.54) is 0 Å². The molecular weight excluding hydrogens is 376 g/mol. The van der Waals surface area contributed by atoms with Crippen molar-refractivity contribution >= 4 is 43.5 Å². The maximum absolute atomic E-state index is 11.8. The van der Waals surface area contributed by atoms with Crippen molar-refractivity contribution in [1.29, 1.82) is 0 Å². The van der Waals surface area contributed by atoms with Crippen molar-refractivity contribution in [2.75, 3.05) is 19.0 Å². The van der Waals surface area contributed by atoms with Crippen molar-refractivity contribution in [3.05, 3.63) is 21.1 Å². The van der Waals surface area contributed by atoms with Crippen LogP contribution in [0.2, 0.25) is 0 Å². The molecule has 0 aromatic heterocycles. The molecule has 0 aliphatic rings. The van der Waals surface area contributed by atoms with Gasteiger partial charge in [-0.25, -0.2) is 0 Å². The van der Waals surface area contributed by atoms with Crippen LogP contribution in [0.1, 0.15) is 25.7 Å². The van der Waals surface area contributed by atoms with Gasteiger partial charge in [0.2, 0.25) is 5.91 Å². The van der Waals surface area contributed by atoms with Crippen LogP contribution in [-0.4, -0.2) is 19.6 Å². The summed E-state index contributed by atoms with van der Waals surface area (Å²) in [7, 11) is 1.59. The first-order valence-corrected chi connectivity index (χ1v) is 7.70. The summed E-state index contributed by atoms with van der Waals surface area (Å²) < 4.78 is 6.85. The first-order chi connectivity index (χ1) is 9.08. The van der Waals surface area contributed by atoms with E-state index in [1.54, 1.807) is 13.2 Å². The van der Waals surface area contributed by atoms with Gasteiger partial charge >= 0.3 is 0 Å². The van der Waals surface area contributed by atoms with E-state index in [2.05, 4.69) is 37.2 Å². The third-order valence-electron chi connectivity index (χ3n) is 2.62. The van der Waals surface area contributed by atoms with E-state index in [4.69, 9.17) is 10.5 Å². The van der Waals surface area contributed by atoms with Crippen molar-refractivity contribution in [3.63, 3.8) is 0 Å². The van der Waals surface area contributed by atoms with Crippen LogP contribution in [0.3, 0.4) is 0 Å². The molecular formula is C13H18Br2N2O2. The molecule has 0 bridgehead atoms. The van der Waals surface area contributed by atoms with Crippen LogP contribution >= 0.6 is 31.9 Å². The van der Waals surface area contributed by atoms with E-state index < -0.39 is 0 Å². The van der Waals surface area contributed by atoms with Gasteiger partial charge < -0.3 is 15.8 Å². The molecule has 0 saturated heterocycles. The summed E-state index contributed by atoms with van der Waals surface area (Å²) >= 11 is 6.80. The predicted octanol–water partition coefficient (Wildman–Crippen LogP) is 3.68. The molecule has 0 radical (unpaired) electrons. The number of amides is 1. The highest BCUT2D eigenvalue weighted by molar-refractivity contribution is 9.11. The fourth-order valence-corrected chi connectivity index (χ4v) is 2.86. The number of carbonyl (C=O) groups excluding carboxylic acids is 1. The zero-order chi connectivity index (χ0) is 14.3. The molecule has 0 unspecified atom stereocenters. The number of halogens is 2. The topological polar surface area (TPSA) is 64.3 Å². The van der Waals surface area contributed by atoms with E-state index in [0.717, 1.165) is 28.2 Å². The second-order valence-corrected chi connectivity index (χ2v) is 5.82. The molecule has 3 N–H and O–H groups in total. The Balaban J connectivity index is 2.58. The van der Waals surface area contributed by atoms with Crippen LogP contribution in [0.4, 0.5) is 5.69 Å². The Morgan fingerprint density at radius 1 is 1.26 bits per heavy atom. The van der Waals surface area contributed by atoms with Gasteiger partial charge in [0.15, 0.2) is 0 Å². The minimum absolute atomic E-state index is 0.00194. The third kappa shape index (κ3) is 5.50. The summed E-state index contributed by atoms with van der Waals surface area (Å²) in [6.45, 7) is 0.678. The van der Waals surface area contributed by atoms with Crippen molar-refractivity contribution in [1.82, 2.24) is 0 Å². The molecule has 106 valence electrons. The molecule has 1 aromatic rings. The number of ether oxygens (including phenoxy) is 1. The number of hydrogen-bond donors (Lipinski definition) is 2. The van der Waals surface area contributed by atoms with Crippen LogP contribution in [-0.2, 0) is 4.79 Å². The maximum atomic E-state index is 11.8. The number of nitrogens with one attached hydrogen (secondary N) is 1. The van der Waals surface area contributed by atoms with Crippen molar-refractivity contribution < 1.29 is 9.53 Å². The Hall–Kier alpha value is -0.590. The summed E-state index contributed by atoms with van der Waals surface area (Å²) in [6, 6.07) is 3.63. The number of unbranched alkanes of at least 4 members (excludes halogenated alkanes) is 2. The number of rotatable bonds is 7. The van der Waals surface area contributed by atoms with Crippen molar-refractivity contribution in [2.24, 2.45) is 5.73 Å². The van der Waals surface area contributed by atoms with E-state index in [0.29, 0.717) is 24.4 Å². The van der Waals surface area contributed by atoms with Crippen molar-refractivity contribution in [2.45, 2.75) is 25.7 Å². The lowest BCUT2D eigenvalue weighted by Gasteiger charge is -2.11. The SMILES string of the molecule is COc1cc(NC(=O)CCCCCN)c(Br)cc1Br. The molecule has 1 rings (SSSR count). The highest BCUT2D eigenvalue weighted by Crippen LogP contribution is 2.34. The fourth-order valence-electron chi connectivity index (χ4n) is 1.60. The molecule has 19 heavy (non-hydrogen) atoms. The van der Waals surface area contributed by atoms with E-state index in [9.17, 15) is 4.79 Å². The van der Waals surface area contributed by atoms with Crippen LogP contribution in [0.15, 0.2) is 21.1 Å². The van der Waals surface area contributed by atoms with Gasteiger partial charge in [0, 0.05) is 17.0 Å². The highest BCUT2D eigenvalue weighted by Gasteiger charge is 2.10. The zero-order valence-electron chi connectivity index (χ0n) is 10.8. The normalized spacial score (nSPS) is 10.3. The Kier molecular flexibility index (Phi) is 7.41. The highest BCUT2D eigenvalue weighted by atomic mass is 79.9. The fraction of sp³-hybridized carbons (Fsp3) is 0.462. The number of anilines is 1. The van der Waals surface area contributed by atoms with Gasteiger partial charge in [0.05, 0.1) is 17.3 Å². The standard InChI is InChI=1S/C13H18Br2N2O2/c1-19-12-8-11(9(14)7-10(12)15)17-13(18)5-3-2-4-6-16/h7-8H,2-6,16H2,1H3,(H,17,18). The third-order valence-corrected chi connectivity index (χ3v) is 3.90. The lowest BCUT2D eigenvalue weighted by atomic mass is 10.2. The van der Waals surface area contributed by atoms with Crippen LogP contribution < -0.4 is 15.8 Å². The Labute approximate surface area is 130 Å². The Morgan fingerprint density at radius 3 is 2.63 bits per heavy atom. The zero-order valence-corrected chi connectivity index (χ0v) is 14.0. The summed E-state index contributed by atoms with van der Waals surface area (Å²) in [5.74, 6) is 0.684. The molecule has 0 atom stereocenters. The second kappa shape index (κ2) is 8.55. The van der Waals surface area contributed by atoms with E-state index >= 15 is 0 Å². The van der Waals surface area contributed by atoms with Gasteiger partial charge in [-0.3, -0.25) is 4.79 Å². The van der Waals surface area contributed by atoms with Gasteiger partial charge in [-0.1, -0.05) is 6.42 Å². The number of carbonyl (C=O) groups is 1. The summed E-state index contributed by atoms with van der Waals surface area (Å²) in [4.78, 5) is 11.8. The summed E-state index contributed by atoms with van der Waals surface area (Å²) in [6.07, 6.45) is 3.30. The average Bonchev–Trinajstić information content (AvgIpc) is 2.38. The number of benzene rings is 1. The molecule has 0 saturated carbocycles. The summed E-state index contributed by atoms with van der Waals surface area (Å²) in [5, 5.41) is 2.87. The average molecular weight is 394 g/mol. The largest absolute Gasteiger partial charge is 0.495 e. The lowest BCUT2D eigenvalue weighted by Crippen LogP contribution is -2.12. The first-order valence-electron chi connectivity index (χ1n) is 6.11. The molecule has 6 heteroatoms.